The van der Waals surface area contributed by atoms with Gasteiger partial charge in [0.05, 0.1) is 13.2 Å². The van der Waals surface area contributed by atoms with E-state index >= 15 is 0 Å². The number of fused-ring (bicyclic) bond motifs is 1. The van der Waals surface area contributed by atoms with Gasteiger partial charge in [0, 0.05) is 21.9 Å². The molecule has 2 nitrogen and oxygen atoms in total. The highest BCUT2D eigenvalue weighted by atomic mass is 32.2. The van der Waals surface area contributed by atoms with Crippen molar-refractivity contribution in [2.75, 3.05) is 18.2 Å². The van der Waals surface area contributed by atoms with Crippen LogP contribution in [0.25, 0.3) is 0 Å². The molecule has 0 amide bonds. The summed E-state index contributed by atoms with van der Waals surface area (Å²) in [6.07, 6.45) is 0. The number of nitrogens with one attached hydrogen (secondary N) is 1. The molecule has 0 aliphatic carbocycles. The summed E-state index contributed by atoms with van der Waals surface area (Å²) in [4.78, 5) is 1.39. The highest BCUT2D eigenvalue weighted by Crippen LogP contribution is 2.41. The normalized spacial score (nSPS) is 16.9. The molecule has 3 heteroatoms. The first-order valence-corrected chi connectivity index (χ1v) is 7.81. The maximum absolute atomic E-state index is 5.51. The number of thioether (sulfide) groups is 1. The van der Waals surface area contributed by atoms with Crippen LogP contribution in [0.15, 0.2) is 41.3 Å². The van der Waals surface area contributed by atoms with Crippen LogP contribution in [-0.4, -0.2) is 12.9 Å². The van der Waals surface area contributed by atoms with E-state index < -0.39 is 0 Å². The van der Waals surface area contributed by atoms with E-state index in [4.69, 9.17) is 4.74 Å². The SMILES string of the molecule is COc1c(C)ccc(NC2CSc3ccccc32)c1C. The van der Waals surface area contributed by atoms with Crippen molar-refractivity contribution in [1.29, 1.82) is 0 Å². The van der Waals surface area contributed by atoms with Gasteiger partial charge in [-0.1, -0.05) is 24.3 Å². The second kappa shape index (κ2) is 5.41. The Kier molecular flexibility index (Phi) is 3.62. The molecule has 3 rings (SSSR count). The first kappa shape index (κ1) is 13.4. The van der Waals surface area contributed by atoms with E-state index in [1.54, 1.807) is 7.11 Å². The Labute approximate surface area is 124 Å². The minimum atomic E-state index is 0.377. The molecule has 0 spiro atoms. The van der Waals surface area contributed by atoms with Crippen LogP contribution in [0.4, 0.5) is 5.69 Å². The van der Waals surface area contributed by atoms with E-state index in [2.05, 4.69) is 55.6 Å². The minimum Gasteiger partial charge on any atom is -0.496 e. The highest BCUT2D eigenvalue weighted by Gasteiger charge is 2.23. The van der Waals surface area contributed by atoms with Crippen molar-refractivity contribution < 1.29 is 4.74 Å². The number of methoxy groups -OCH3 is 1. The van der Waals surface area contributed by atoms with Gasteiger partial charge in [-0.15, -0.1) is 11.8 Å². The lowest BCUT2D eigenvalue weighted by molar-refractivity contribution is 0.409. The summed E-state index contributed by atoms with van der Waals surface area (Å²) in [5.41, 5.74) is 4.92. The fourth-order valence-electron chi connectivity index (χ4n) is 2.77. The van der Waals surface area contributed by atoms with Crippen molar-refractivity contribution in [3.05, 3.63) is 53.1 Å². The van der Waals surface area contributed by atoms with Crippen molar-refractivity contribution in [2.45, 2.75) is 24.8 Å². The van der Waals surface area contributed by atoms with Crippen LogP contribution in [-0.2, 0) is 0 Å². The van der Waals surface area contributed by atoms with Crippen molar-refractivity contribution in [3.63, 3.8) is 0 Å². The van der Waals surface area contributed by atoms with Crippen molar-refractivity contribution in [1.82, 2.24) is 0 Å². The van der Waals surface area contributed by atoms with Crippen molar-refractivity contribution >= 4 is 17.4 Å². The van der Waals surface area contributed by atoms with Gasteiger partial charge in [-0.25, -0.2) is 0 Å². The Balaban J connectivity index is 1.90. The Morgan fingerprint density at radius 3 is 2.75 bits per heavy atom. The molecular formula is C17H19NOS. The fraction of sp³-hybridized carbons (Fsp3) is 0.294. The summed E-state index contributed by atoms with van der Waals surface area (Å²) in [5.74, 6) is 2.06. The summed E-state index contributed by atoms with van der Waals surface area (Å²) >= 11 is 1.92. The third-order valence-corrected chi connectivity index (χ3v) is 5.02. The first-order chi connectivity index (χ1) is 9.70. The Bertz CT molecular complexity index is 639. The number of hydrogen-bond donors (Lipinski definition) is 1. The molecule has 1 unspecified atom stereocenters. The number of rotatable bonds is 3. The molecule has 0 fully saturated rings. The van der Waals surface area contributed by atoms with Crippen LogP contribution in [0.3, 0.4) is 0 Å². The van der Waals surface area contributed by atoms with Gasteiger partial charge in [0.25, 0.3) is 0 Å². The monoisotopic (exact) mass is 285 g/mol. The molecular weight excluding hydrogens is 266 g/mol. The molecule has 0 bridgehead atoms. The largest absolute Gasteiger partial charge is 0.496 e. The van der Waals surface area contributed by atoms with Crippen molar-refractivity contribution in [2.24, 2.45) is 0 Å². The summed E-state index contributed by atoms with van der Waals surface area (Å²) in [7, 11) is 1.74. The molecule has 0 radical (unpaired) electrons. The lowest BCUT2D eigenvalue weighted by Gasteiger charge is -2.19. The van der Waals surface area contributed by atoms with Crippen molar-refractivity contribution in [3.8, 4) is 5.75 Å². The Morgan fingerprint density at radius 2 is 1.95 bits per heavy atom. The molecule has 104 valence electrons. The summed E-state index contributed by atoms with van der Waals surface area (Å²) in [5, 5.41) is 3.67. The summed E-state index contributed by atoms with van der Waals surface area (Å²) < 4.78 is 5.51. The molecule has 0 saturated heterocycles. The molecule has 20 heavy (non-hydrogen) atoms. The van der Waals surface area contributed by atoms with Gasteiger partial charge in [-0.2, -0.15) is 0 Å². The molecule has 0 aromatic heterocycles. The van der Waals surface area contributed by atoms with Crippen LogP contribution < -0.4 is 10.1 Å². The lowest BCUT2D eigenvalue weighted by atomic mass is 10.1. The van der Waals surface area contributed by atoms with Gasteiger partial charge < -0.3 is 10.1 Å². The predicted octanol–water partition coefficient (Wildman–Crippen LogP) is 4.57. The maximum atomic E-state index is 5.51. The third kappa shape index (κ3) is 2.27. The molecule has 1 atom stereocenters. The number of anilines is 1. The summed E-state index contributed by atoms with van der Waals surface area (Å²) in [6.45, 7) is 4.19. The van der Waals surface area contributed by atoms with E-state index in [0.717, 1.165) is 17.2 Å². The Hall–Kier alpha value is -1.61. The van der Waals surface area contributed by atoms with Gasteiger partial charge in [-0.3, -0.25) is 0 Å². The number of benzene rings is 2. The second-order valence-corrected chi connectivity index (χ2v) is 6.20. The molecule has 2 aromatic carbocycles. The maximum Gasteiger partial charge on any atom is 0.126 e. The minimum absolute atomic E-state index is 0.377. The quantitative estimate of drug-likeness (QED) is 0.892. The number of aryl methyl sites for hydroxylation is 1. The van der Waals surface area contributed by atoms with E-state index in [1.165, 1.54) is 21.6 Å². The third-order valence-electron chi connectivity index (χ3n) is 3.84. The second-order valence-electron chi connectivity index (χ2n) is 5.13. The zero-order valence-corrected chi connectivity index (χ0v) is 12.9. The molecule has 1 aliphatic heterocycles. The zero-order valence-electron chi connectivity index (χ0n) is 12.1. The molecule has 1 N–H and O–H groups in total. The van der Waals surface area contributed by atoms with Crippen LogP contribution in [0.1, 0.15) is 22.7 Å². The highest BCUT2D eigenvalue weighted by molar-refractivity contribution is 7.99. The van der Waals surface area contributed by atoms with Gasteiger partial charge in [0.15, 0.2) is 0 Å². The van der Waals surface area contributed by atoms with E-state index in [0.29, 0.717) is 6.04 Å². The molecule has 1 aliphatic rings. The van der Waals surface area contributed by atoms with Crippen LogP contribution in [0.2, 0.25) is 0 Å². The molecule has 1 heterocycles. The van der Waals surface area contributed by atoms with E-state index in [9.17, 15) is 0 Å². The van der Waals surface area contributed by atoms with Gasteiger partial charge >= 0.3 is 0 Å². The van der Waals surface area contributed by atoms with E-state index in [-0.39, 0.29) is 0 Å². The topological polar surface area (TPSA) is 21.3 Å². The smallest absolute Gasteiger partial charge is 0.126 e. The predicted molar refractivity (Wildman–Crippen MR) is 86.0 cm³/mol. The average molecular weight is 285 g/mol. The zero-order chi connectivity index (χ0) is 14.1. The fourth-order valence-corrected chi connectivity index (χ4v) is 3.93. The van der Waals surface area contributed by atoms with E-state index in [1.807, 2.05) is 11.8 Å². The van der Waals surface area contributed by atoms with Crippen LogP contribution >= 0.6 is 11.8 Å². The summed E-state index contributed by atoms with van der Waals surface area (Å²) in [6, 6.07) is 13.3. The number of hydrogen-bond acceptors (Lipinski definition) is 3. The first-order valence-electron chi connectivity index (χ1n) is 6.83. The van der Waals surface area contributed by atoms with Crippen LogP contribution in [0.5, 0.6) is 5.75 Å². The van der Waals surface area contributed by atoms with Crippen LogP contribution in [0, 0.1) is 13.8 Å². The van der Waals surface area contributed by atoms with Gasteiger partial charge in [-0.05, 0) is 37.1 Å². The lowest BCUT2D eigenvalue weighted by Crippen LogP contribution is -2.11. The Morgan fingerprint density at radius 1 is 1.15 bits per heavy atom. The van der Waals surface area contributed by atoms with Gasteiger partial charge in [0.2, 0.25) is 0 Å². The standard InChI is InChI=1S/C17H19NOS/c1-11-8-9-14(12(2)17(11)19-3)18-15-10-20-16-7-5-4-6-13(15)16/h4-9,15,18H,10H2,1-3H3. The number of ether oxygens (including phenoxy) is 1. The average Bonchev–Trinajstić information content (AvgIpc) is 2.86. The molecule has 0 saturated carbocycles. The molecule has 2 aromatic rings. The van der Waals surface area contributed by atoms with Gasteiger partial charge in [0.1, 0.15) is 5.75 Å².